The zero-order valence-corrected chi connectivity index (χ0v) is 13.3. The van der Waals surface area contributed by atoms with Crippen molar-refractivity contribution in [2.75, 3.05) is 5.75 Å². The summed E-state index contributed by atoms with van der Waals surface area (Å²) in [7, 11) is -1.07. The van der Waals surface area contributed by atoms with Gasteiger partial charge in [-0.3, -0.25) is 9.00 Å². The summed E-state index contributed by atoms with van der Waals surface area (Å²) < 4.78 is 13.0. The highest BCUT2D eigenvalue weighted by molar-refractivity contribution is 9.10. The van der Waals surface area contributed by atoms with Crippen LogP contribution in [-0.2, 0) is 10.8 Å². The lowest BCUT2D eigenvalue weighted by atomic mass is 10.1. The van der Waals surface area contributed by atoms with Gasteiger partial charge in [-0.25, -0.2) is 0 Å². The topological polar surface area (TPSA) is 34.1 Å². The number of carbonyl (C=O) groups excluding carboxylic acids is 1. The van der Waals surface area contributed by atoms with E-state index in [0.717, 1.165) is 14.9 Å². The van der Waals surface area contributed by atoms with Crippen LogP contribution in [-0.4, -0.2) is 15.7 Å². The van der Waals surface area contributed by atoms with Gasteiger partial charge in [-0.15, -0.1) is 0 Å². The highest BCUT2D eigenvalue weighted by atomic mass is 79.9. The second-order valence-electron chi connectivity index (χ2n) is 4.37. The van der Waals surface area contributed by atoms with Crippen molar-refractivity contribution in [3.8, 4) is 0 Å². The lowest BCUT2D eigenvalue weighted by molar-refractivity contribution is 0.0982. The van der Waals surface area contributed by atoms with Crippen LogP contribution in [0.2, 0.25) is 0 Å². The van der Waals surface area contributed by atoms with Gasteiger partial charge in [0.15, 0.2) is 5.78 Å². The average molecular weight is 351 g/mol. The molecule has 0 aliphatic rings. The van der Waals surface area contributed by atoms with Gasteiger partial charge < -0.3 is 0 Å². The molecule has 0 bridgehead atoms. The van der Waals surface area contributed by atoms with Gasteiger partial charge in [0.25, 0.3) is 0 Å². The van der Waals surface area contributed by atoms with Gasteiger partial charge in [-0.2, -0.15) is 0 Å². The molecular formula is C16H15BrO2S. The summed E-state index contributed by atoms with van der Waals surface area (Å²) in [4.78, 5) is 12.7. The van der Waals surface area contributed by atoms with Gasteiger partial charge >= 0.3 is 0 Å². The van der Waals surface area contributed by atoms with Gasteiger partial charge in [-0.1, -0.05) is 42.5 Å². The number of carbonyl (C=O) groups is 1. The van der Waals surface area contributed by atoms with Crippen molar-refractivity contribution in [2.45, 2.75) is 17.7 Å². The van der Waals surface area contributed by atoms with Gasteiger partial charge in [-0.05, 0) is 34.5 Å². The monoisotopic (exact) mass is 350 g/mol. The molecule has 0 saturated heterocycles. The summed E-state index contributed by atoms with van der Waals surface area (Å²) in [5.41, 5.74) is 0.721. The lowest BCUT2D eigenvalue weighted by Gasteiger charge is -2.04. The van der Waals surface area contributed by atoms with Crippen LogP contribution in [0.1, 0.15) is 23.2 Å². The van der Waals surface area contributed by atoms with Crippen molar-refractivity contribution in [3.63, 3.8) is 0 Å². The van der Waals surface area contributed by atoms with E-state index in [-0.39, 0.29) is 5.78 Å². The number of halogens is 1. The van der Waals surface area contributed by atoms with Crippen LogP contribution in [0.4, 0.5) is 0 Å². The number of ketones is 1. The third-order valence-corrected chi connectivity index (χ3v) is 5.37. The van der Waals surface area contributed by atoms with Gasteiger partial charge in [0.05, 0.1) is 15.7 Å². The Balaban J connectivity index is 1.86. The number of Topliss-reactive ketones (excluding diaryl/α,β-unsaturated/α-hetero) is 1. The van der Waals surface area contributed by atoms with E-state index in [0.29, 0.717) is 18.6 Å². The Morgan fingerprint density at radius 1 is 1.00 bits per heavy atom. The Morgan fingerprint density at radius 2 is 1.65 bits per heavy atom. The van der Waals surface area contributed by atoms with Crippen molar-refractivity contribution in [3.05, 3.63) is 64.6 Å². The Labute approximate surface area is 129 Å². The fraction of sp³-hybridized carbons (Fsp3) is 0.188. The van der Waals surface area contributed by atoms with Gasteiger partial charge in [0.1, 0.15) is 0 Å². The fourth-order valence-corrected chi connectivity index (χ4v) is 3.84. The smallest absolute Gasteiger partial charge is 0.162 e. The number of benzene rings is 2. The maximum Gasteiger partial charge on any atom is 0.162 e. The van der Waals surface area contributed by atoms with Crippen molar-refractivity contribution >= 4 is 32.5 Å². The second kappa shape index (κ2) is 7.50. The molecule has 1 unspecified atom stereocenters. The van der Waals surface area contributed by atoms with Crippen LogP contribution < -0.4 is 0 Å². The predicted molar refractivity (Wildman–Crippen MR) is 85.4 cm³/mol. The SMILES string of the molecule is O=C(CCCS(=O)c1ccccc1Br)c1ccccc1. The van der Waals surface area contributed by atoms with Crippen LogP contribution in [0.25, 0.3) is 0 Å². The van der Waals surface area contributed by atoms with Gasteiger partial charge in [0.2, 0.25) is 0 Å². The van der Waals surface area contributed by atoms with Crippen molar-refractivity contribution in [1.29, 1.82) is 0 Å². The number of rotatable bonds is 6. The highest BCUT2D eigenvalue weighted by Crippen LogP contribution is 2.20. The fourth-order valence-electron chi connectivity index (χ4n) is 1.87. The largest absolute Gasteiger partial charge is 0.294 e. The molecule has 1 atom stereocenters. The van der Waals surface area contributed by atoms with E-state index in [4.69, 9.17) is 0 Å². The van der Waals surface area contributed by atoms with E-state index in [1.807, 2.05) is 54.6 Å². The van der Waals surface area contributed by atoms with Crippen LogP contribution in [0, 0.1) is 0 Å². The first-order chi connectivity index (χ1) is 9.68. The molecule has 0 spiro atoms. The molecule has 0 aliphatic carbocycles. The first kappa shape index (κ1) is 15.1. The van der Waals surface area contributed by atoms with Crippen LogP contribution in [0.3, 0.4) is 0 Å². The van der Waals surface area contributed by atoms with Crippen molar-refractivity contribution in [2.24, 2.45) is 0 Å². The molecule has 4 heteroatoms. The Bertz CT molecular complexity index is 611. The third-order valence-electron chi connectivity index (χ3n) is 2.91. The lowest BCUT2D eigenvalue weighted by Crippen LogP contribution is -2.04. The maximum atomic E-state index is 12.2. The van der Waals surface area contributed by atoms with Crippen molar-refractivity contribution < 1.29 is 9.00 Å². The van der Waals surface area contributed by atoms with Crippen LogP contribution >= 0.6 is 15.9 Å². The summed E-state index contributed by atoms with van der Waals surface area (Å²) in [5.74, 6) is 0.607. The zero-order chi connectivity index (χ0) is 14.4. The van der Waals surface area contributed by atoms with E-state index < -0.39 is 10.8 Å². The van der Waals surface area contributed by atoms with E-state index in [9.17, 15) is 9.00 Å². The molecule has 0 heterocycles. The minimum absolute atomic E-state index is 0.106. The molecule has 2 aromatic carbocycles. The minimum Gasteiger partial charge on any atom is -0.294 e. The summed E-state index contributed by atoms with van der Waals surface area (Å²) in [5, 5.41) is 0. The summed E-state index contributed by atoms with van der Waals surface area (Å²) in [6, 6.07) is 16.7. The summed E-state index contributed by atoms with van der Waals surface area (Å²) in [6.07, 6.45) is 1.06. The van der Waals surface area contributed by atoms with E-state index >= 15 is 0 Å². The predicted octanol–water partition coefficient (Wildman–Crippen LogP) is 4.22. The first-order valence-electron chi connectivity index (χ1n) is 6.39. The summed E-state index contributed by atoms with van der Waals surface area (Å²) in [6.45, 7) is 0. The molecule has 2 nitrogen and oxygen atoms in total. The number of hydrogen-bond donors (Lipinski definition) is 0. The first-order valence-corrected chi connectivity index (χ1v) is 8.51. The Kier molecular flexibility index (Phi) is 5.68. The van der Waals surface area contributed by atoms with E-state index in [1.165, 1.54) is 0 Å². The van der Waals surface area contributed by atoms with Crippen LogP contribution in [0.5, 0.6) is 0 Å². The molecule has 0 amide bonds. The summed E-state index contributed by atoms with van der Waals surface area (Å²) >= 11 is 3.39. The average Bonchev–Trinajstić information content (AvgIpc) is 2.48. The molecule has 104 valence electrons. The number of hydrogen-bond acceptors (Lipinski definition) is 2. The third kappa shape index (κ3) is 4.12. The second-order valence-corrected chi connectivity index (χ2v) is 6.77. The van der Waals surface area contributed by atoms with E-state index in [1.54, 1.807) is 0 Å². The molecule has 20 heavy (non-hydrogen) atoms. The molecule has 0 saturated carbocycles. The Hall–Kier alpha value is -1.26. The minimum atomic E-state index is -1.07. The standard InChI is InChI=1S/C16H15BrO2S/c17-14-9-4-5-11-16(14)20(19)12-6-10-15(18)13-7-2-1-3-8-13/h1-5,7-9,11H,6,10,12H2. The quantitative estimate of drug-likeness (QED) is 0.731. The molecule has 0 fully saturated rings. The zero-order valence-electron chi connectivity index (χ0n) is 10.9. The molecule has 2 rings (SSSR count). The maximum absolute atomic E-state index is 12.2. The Morgan fingerprint density at radius 3 is 2.35 bits per heavy atom. The molecule has 0 radical (unpaired) electrons. The van der Waals surface area contributed by atoms with Gasteiger partial charge in [0, 0.05) is 22.2 Å². The molecule has 0 aromatic heterocycles. The molecule has 0 aliphatic heterocycles. The molecule has 2 aromatic rings. The molecule has 0 N–H and O–H groups in total. The molecular weight excluding hydrogens is 336 g/mol. The van der Waals surface area contributed by atoms with E-state index in [2.05, 4.69) is 15.9 Å². The van der Waals surface area contributed by atoms with Crippen LogP contribution in [0.15, 0.2) is 64.0 Å². The normalized spacial score (nSPS) is 12.1. The highest BCUT2D eigenvalue weighted by Gasteiger charge is 2.09. The van der Waals surface area contributed by atoms with Crippen molar-refractivity contribution in [1.82, 2.24) is 0 Å².